The molecule has 1 aromatic carbocycles. The first-order valence-electron chi connectivity index (χ1n) is 8.01. The highest BCUT2D eigenvalue weighted by molar-refractivity contribution is 7.09. The van der Waals surface area contributed by atoms with Crippen LogP contribution in [0.1, 0.15) is 16.9 Å². The second-order valence-electron chi connectivity index (χ2n) is 6.04. The molecule has 5 nitrogen and oxygen atoms in total. The van der Waals surface area contributed by atoms with E-state index in [4.69, 9.17) is 0 Å². The van der Waals surface area contributed by atoms with Gasteiger partial charge in [0, 0.05) is 23.3 Å². The first-order chi connectivity index (χ1) is 12.2. The van der Waals surface area contributed by atoms with E-state index in [1.807, 2.05) is 25.9 Å². The number of rotatable bonds is 5. The van der Waals surface area contributed by atoms with Crippen molar-refractivity contribution in [3.63, 3.8) is 0 Å². The summed E-state index contributed by atoms with van der Waals surface area (Å²) in [6.07, 6.45) is -1.84. The molecule has 0 radical (unpaired) electrons. The lowest BCUT2D eigenvalue weighted by Gasteiger charge is -2.09. The number of hydrogen-bond donors (Lipinski definition) is 1. The van der Waals surface area contributed by atoms with Crippen molar-refractivity contribution in [3.05, 3.63) is 45.7 Å². The number of aromatic nitrogens is 1. The molecule has 2 aromatic rings. The molecule has 26 heavy (non-hydrogen) atoms. The molecule has 0 aliphatic carbocycles. The van der Waals surface area contributed by atoms with Crippen LogP contribution in [0.3, 0.4) is 0 Å². The molecule has 1 N–H and O–H groups in total. The number of nitrogens with zero attached hydrogens (tertiary/aromatic N) is 3. The van der Waals surface area contributed by atoms with Crippen molar-refractivity contribution < 1.29 is 18.0 Å². The Morgan fingerprint density at radius 1 is 1.27 bits per heavy atom. The number of benzene rings is 1. The molecule has 0 bridgehead atoms. The molecule has 9 heteroatoms. The fraction of sp³-hybridized carbons (Fsp3) is 0.412. The van der Waals surface area contributed by atoms with Gasteiger partial charge in [-0.15, -0.1) is 11.3 Å². The Bertz CT molecular complexity index is 807. The van der Waals surface area contributed by atoms with E-state index in [-0.39, 0.29) is 0 Å². The smallest absolute Gasteiger partial charge is 0.336 e. The van der Waals surface area contributed by atoms with Gasteiger partial charge in [0.1, 0.15) is 0 Å². The molecule has 142 valence electrons. The zero-order valence-corrected chi connectivity index (χ0v) is 15.6. The first kappa shape index (κ1) is 20.2. The lowest BCUT2D eigenvalue weighted by atomic mass is 10.2. The average Bonchev–Trinajstić information content (AvgIpc) is 2.91. The third-order valence-corrected chi connectivity index (χ3v) is 4.40. The molecule has 0 saturated carbocycles. The van der Waals surface area contributed by atoms with Crippen molar-refractivity contribution in [2.75, 3.05) is 27.2 Å². The highest BCUT2D eigenvalue weighted by atomic mass is 32.1. The lowest BCUT2D eigenvalue weighted by molar-refractivity contribution is -0.137. The van der Waals surface area contributed by atoms with E-state index in [2.05, 4.69) is 10.3 Å². The quantitative estimate of drug-likeness (QED) is 0.801. The van der Waals surface area contributed by atoms with Gasteiger partial charge in [-0.25, -0.2) is 4.79 Å². The molecule has 1 aromatic heterocycles. The fourth-order valence-corrected chi connectivity index (χ4v) is 3.08. The summed E-state index contributed by atoms with van der Waals surface area (Å²) in [7, 11) is 3.90. The van der Waals surface area contributed by atoms with E-state index in [1.165, 1.54) is 23.5 Å². The molecule has 0 spiro atoms. The van der Waals surface area contributed by atoms with Crippen molar-refractivity contribution in [1.82, 2.24) is 14.8 Å². The van der Waals surface area contributed by atoms with Gasteiger partial charge in [-0.1, -0.05) is 0 Å². The average molecular weight is 386 g/mol. The Balaban J connectivity index is 2.18. The standard InChI is InChI=1S/C17H21F3N4OS/c1-12-11-24(14-7-5-13(6-8-14)17(18,19)20)16(26-12)22-15(25)21-9-4-10-23(2)3/h5-8,11H,4,9-10H2,1-3H3,(H,21,25). The van der Waals surface area contributed by atoms with Gasteiger partial charge in [0.15, 0.2) is 4.80 Å². The van der Waals surface area contributed by atoms with Gasteiger partial charge in [-0.3, -0.25) is 4.57 Å². The van der Waals surface area contributed by atoms with E-state index >= 15 is 0 Å². The number of nitrogens with one attached hydrogen (secondary N) is 1. The maximum Gasteiger partial charge on any atom is 0.416 e. The Kier molecular flexibility index (Phi) is 6.60. The molecule has 0 aliphatic rings. The maximum atomic E-state index is 12.7. The third-order valence-electron chi connectivity index (χ3n) is 3.50. The summed E-state index contributed by atoms with van der Waals surface area (Å²) in [6.45, 7) is 3.20. The van der Waals surface area contributed by atoms with E-state index < -0.39 is 17.8 Å². The van der Waals surface area contributed by atoms with Gasteiger partial charge in [0.05, 0.1) is 5.56 Å². The Morgan fingerprint density at radius 3 is 2.50 bits per heavy atom. The molecule has 2 rings (SSSR count). The largest absolute Gasteiger partial charge is 0.416 e. The van der Waals surface area contributed by atoms with Gasteiger partial charge in [0.25, 0.3) is 0 Å². The highest BCUT2D eigenvalue weighted by Crippen LogP contribution is 2.29. The summed E-state index contributed by atoms with van der Waals surface area (Å²) in [6, 6.07) is 4.29. The van der Waals surface area contributed by atoms with Crippen LogP contribution in [0.5, 0.6) is 0 Å². The molecular weight excluding hydrogens is 365 g/mol. The summed E-state index contributed by atoms with van der Waals surface area (Å²) in [5, 5.41) is 2.72. The number of urea groups is 1. The van der Waals surface area contributed by atoms with Crippen molar-refractivity contribution in [2.45, 2.75) is 19.5 Å². The van der Waals surface area contributed by atoms with Crippen molar-refractivity contribution >= 4 is 17.4 Å². The summed E-state index contributed by atoms with van der Waals surface area (Å²) >= 11 is 1.30. The van der Waals surface area contributed by atoms with Gasteiger partial charge < -0.3 is 10.2 Å². The minimum atomic E-state index is -4.38. The summed E-state index contributed by atoms with van der Waals surface area (Å²) in [4.78, 5) is 19.3. The number of hydrogen-bond acceptors (Lipinski definition) is 3. The topological polar surface area (TPSA) is 49.6 Å². The Labute approximate surface area is 153 Å². The van der Waals surface area contributed by atoms with Crippen LogP contribution in [-0.4, -0.2) is 42.7 Å². The SMILES string of the molecule is Cc1cn(-c2ccc(C(F)(F)F)cc2)c(=NC(=O)NCCCN(C)C)s1. The second-order valence-corrected chi connectivity index (χ2v) is 7.25. The van der Waals surface area contributed by atoms with Crippen LogP contribution in [0.2, 0.25) is 0 Å². The first-order valence-corrected chi connectivity index (χ1v) is 8.82. The molecule has 0 saturated heterocycles. The van der Waals surface area contributed by atoms with E-state index in [1.54, 1.807) is 10.8 Å². The van der Waals surface area contributed by atoms with Crippen LogP contribution in [0.15, 0.2) is 35.5 Å². The Hall–Kier alpha value is -2.13. The third kappa shape index (κ3) is 5.70. The zero-order chi connectivity index (χ0) is 19.3. The van der Waals surface area contributed by atoms with Crippen LogP contribution in [0.4, 0.5) is 18.0 Å². The van der Waals surface area contributed by atoms with Crippen LogP contribution in [-0.2, 0) is 6.18 Å². The summed E-state index contributed by atoms with van der Waals surface area (Å²) in [5.41, 5.74) is -0.201. The maximum absolute atomic E-state index is 12.7. The van der Waals surface area contributed by atoms with Crippen molar-refractivity contribution in [2.24, 2.45) is 4.99 Å². The second kappa shape index (κ2) is 8.50. The predicted octanol–water partition coefficient (Wildman–Crippen LogP) is 3.43. The minimum absolute atomic E-state index is 0.410. The zero-order valence-electron chi connectivity index (χ0n) is 14.8. The number of aryl methyl sites for hydroxylation is 1. The molecule has 1 heterocycles. The molecule has 0 fully saturated rings. The monoisotopic (exact) mass is 386 g/mol. The predicted molar refractivity (Wildman–Crippen MR) is 95.5 cm³/mol. The number of thiazole rings is 1. The number of amides is 2. The fourth-order valence-electron chi connectivity index (χ4n) is 2.25. The number of carbonyl (C=O) groups excluding carboxylic acids is 1. The number of alkyl halides is 3. The van der Waals surface area contributed by atoms with E-state index in [0.29, 0.717) is 17.0 Å². The van der Waals surface area contributed by atoms with Gasteiger partial charge >= 0.3 is 12.2 Å². The van der Waals surface area contributed by atoms with Crippen LogP contribution in [0, 0.1) is 6.92 Å². The minimum Gasteiger partial charge on any atom is -0.336 e. The highest BCUT2D eigenvalue weighted by Gasteiger charge is 2.30. The molecular formula is C17H21F3N4OS. The van der Waals surface area contributed by atoms with Crippen LogP contribution < -0.4 is 10.1 Å². The molecule has 0 atom stereocenters. The Morgan fingerprint density at radius 2 is 1.92 bits per heavy atom. The normalized spacial score (nSPS) is 12.7. The van der Waals surface area contributed by atoms with Crippen LogP contribution in [0.25, 0.3) is 5.69 Å². The number of halogens is 3. The lowest BCUT2D eigenvalue weighted by Crippen LogP contribution is -2.27. The van der Waals surface area contributed by atoms with E-state index in [9.17, 15) is 18.0 Å². The van der Waals surface area contributed by atoms with E-state index in [0.717, 1.165) is 30.0 Å². The van der Waals surface area contributed by atoms with Crippen LogP contribution >= 0.6 is 11.3 Å². The van der Waals surface area contributed by atoms with Gasteiger partial charge in [-0.05, 0) is 58.3 Å². The van der Waals surface area contributed by atoms with Gasteiger partial charge in [-0.2, -0.15) is 18.2 Å². The molecule has 0 unspecified atom stereocenters. The molecule has 0 aliphatic heterocycles. The summed E-state index contributed by atoms with van der Waals surface area (Å²) < 4.78 is 39.7. The summed E-state index contributed by atoms with van der Waals surface area (Å²) in [5.74, 6) is 0. The molecule has 2 amide bonds. The van der Waals surface area contributed by atoms with Crippen molar-refractivity contribution in [3.8, 4) is 5.69 Å². The number of carbonyl (C=O) groups is 1. The van der Waals surface area contributed by atoms with Crippen molar-refractivity contribution in [1.29, 1.82) is 0 Å². The van der Waals surface area contributed by atoms with Gasteiger partial charge in [0.2, 0.25) is 0 Å².